The van der Waals surface area contributed by atoms with Gasteiger partial charge in [0.15, 0.2) is 0 Å². The molecule has 0 bridgehead atoms. The summed E-state index contributed by atoms with van der Waals surface area (Å²) in [5.74, 6) is 1.41. The fourth-order valence-corrected chi connectivity index (χ4v) is 5.40. The van der Waals surface area contributed by atoms with E-state index in [1.807, 2.05) is 19.9 Å². The number of nitrogens with zero attached hydrogens (tertiary/aromatic N) is 3. The van der Waals surface area contributed by atoms with Gasteiger partial charge in [-0.25, -0.2) is 9.97 Å². The fraction of sp³-hybridized carbons (Fsp3) is 0.458. The molecule has 162 valence electrons. The summed E-state index contributed by atoms with van der Waals surface area (Å²) in [6.45, 7) is 8.91. The Morgan fingerprint density at radius 1 is 1.16 bits per heavy atom. The Bertz CT molecular complexity index is 1120. The Kier molecular flexibility index (Phi) is 5.73. The molecule has 1 N–H and O–H groups in total. The molecule has 1 saturated heterocycles. The van der Waals surface area contributed by atoms with Crippen molar-refractivity contribution in [3.05, 3.63) is 57.4 Å². The zero-order valence-corrected chi connectivity index (χ0v) is 18.9. The van der Waals surface area contributed by atoms with E-state index in [0.29, 0.717) is 12.5 Å². The van der Waals surface area contributed by atoms with Gasteiger partial charge in [-0.15, -0.1) is 11.3 Å². The average Bonchev–Trinajstić information content (AvgIpc) is 3.57. The first-order valence-electron chi connectivity index (χ1n) is 11.0. The van der Waals surface area contributed by atoms with Gasteiger partial charge in [-0.1, -0.05) is 24.3 Å². The molecule has 0 radical (unpaired) electrons. The van der Waals surface area contributed by atoms with Crippen LogP contribution in [0.4, 0.5) is 0 Å². The van der Waals surface area contributed by atoms with Crippen LogP contribution in [0.5, 0.6) is 0 Å². The lowest BCUT2D eigenvalue weighted by Crippen LogP contribution is -2.36. The molecule has 2 fully saturated rings. The van der Waals surface area contributed by atoms with Crippen LogP contribution in [0.2, 0.25) is 0 Å². The molecule has 3 aromatic rings. The molecule has 0 unspecified atom stereocenters. The van der Waals surface area contributed by atoms with Crippen LogP contribution < -0.4 is 5.32 Å². The standard InChI is InChI=1S/C24H28N4O2S/c1-15-20-16(2)26-22(17-7-8-17)27-24(20)31-21(15)23(29)25-13-18-5-3-4-6-19(18)14-28-9-11-30-12-10-28/h3-6,17H,7-14H2,1-2H3,(H,25,29). The minimum Gasteiger partial charge on any atom is -0.379 e. The Labute approximate surface area is 186 Å². The smallest absolute Gasteiger partial charge is 0.261 e. The topological polar surface area (TPSA) is 67.4 Å². The number of rotatable bonds is 6. The molecule has 5 rings (SSSR count). The Balaban J connectivity index is 1.32. The summed E-state index contributed by atoms with van der Waals surface area (Å²) >= 11 is 1.49. The van der Waals surface area contributed by atoms with Gasteiger partial charge in [0.1, 0.15) is 10.7 Å². The van der Waals surface area contributed by atoms with Crippen molar-refractivity contribution in [3.8, 4) is 0 Å². The quantitative estimate of drug-likeness (QED) is 0.634. The molecule has 3 heterocycles. The number of aryl methyl sites for hydroxylation is 2. The molecule has 2 aliphatic rings. The number of ether oxygens (including phenoxy) is 1. The maximum atomic E-state index is 13.1. The van der Waals surface area contributed by atoms with E-state index in [0.717, 1.165) is 70.6 Å². The highest BCUT2D eigenvalue weighted by Crippen LogP contribution is 2.40. The second-order valence-corrected chi connectivity index (χ2v) is 9.52. The molecular weight excluding hydrogens is 408 g/mol. The number of hydrogen-bond donors (Lipinski definition) is 1. The van der Waals surface area contributed by atoms with Crippen molar-refractivity contribution in [1.29, 1.82) is 0 Å². The predicted molar refractivity (Wildman–Crippen MR) is 123 cm³/mol. The molecule has 1 aromatic carbocycles. The molecule has 1 aliphatic carbocycles. The first-order chi connectivity index (χ1) is 15.1. The lowest BCUT2D eigenvalue weighted by atomic mass is 10.1. The van der Waals surface area contributed by atoms with Gasteiger partial charge in [-0.05, 0) is 43.4 Å². The second-order valence-electron chi connectivity index (χ2n) is 8.52. The Morgan fingerprint density at radius 3 is 2.65 bits per heavy atom. The summed E-state index contributed by atoms with van der Waals surface area (Å²) in [7, 11) is 0. The average molecular weight is 437 g/mol. The lowest BCUT2D eigenvalue weighted by Gasteiger charge is -2.27. The zero-order chi connectivity index (χ0) is 21.4. The predicted octanol–water partition coefficient (Wildman–Crippen LogP) is 3.95. The van der Waals surface area contributed by atoms with E-state index in [1.165, 1.54) is 29.7 Å². The van der Waals surface area contributed by atoms with E-state index in [1.54, 1.807) is 0 Å². The molecular formula is C24H28N4O2S. The van der Waals surface area contributed by atoms with Crippen molar-refractivity contribution < 1.29 is 9.53 Å². The number of morpholine rings is 1. The van der Waals surface area contributed by atoms with E-state index in [4.69, 9.17) is 14.7 Å². The molecule has 1 amide bonds. The Morgan fingerprint density at radius 2 is 1.90 bits per heavy atom. The summed E-state index contributed by atoms with van der Waals surface area (Å²) < 4.78 is 5.46. The van der Waals surface area contributed by atoms with E-state index in [2.05, 4.69) is 28.4 Å². The van der Waals surface area contributed by atoms with Crippen molar-refractivity contribution in [3.63, 3.8) is 0 Å². The van der Waals surface area contributed by atoms with Crippen LogP contribution in [0.3, 0.4) is 0 Å². The number of fused-ring (bicyclic) bond motifs is 1. The highest BCUT2D eigenvalue weighted by molar-refractivity contribution is 7.20. The summed E-state index contributed by atoms with van der Waals surface area (Å²) in [6, 6.07) is 8.36. The highest BCUT2D eigenvalue weighted by atomic mass is 32.1. The number of benzene rings is 1. The summed E-state index contributed by atoms with van der Waals surface area (Å²) in [6.07, 6.45) is 2.35. The SMILES string of the molecule is Cc1nc(C2CC2)nc2sc(C(=O)NCc3ccccc3CN3CCOCC3)c(C)c12. The monoisotopic (exact) mass is 436 g/mol. The number of thiophene rings is 1. The van der Waals surface area contributed by atoms with Gasteiger partial charge in [0.05, 0.1) is 23.8 Å². The maximum absolute atomic E-state index is 13.1. The first kappa shape index (κ1) is 20.5. The van der Waals surface area contributed by atoms with Gasteiger partial charge in [0.2, 0.25) is 0 Å². The zero-order valence-electron chi connectivity index (χ0n) is 18.1. The molecule has 1 saturated carbocycles. The van der Waals surface area contributed by atoms with E-state index >= 15 is 0 Å². The largest absolute Gasteiger partial charge is 0.379 e. The van der Waals surface area contributed by atoms with Gasteiger partial charge >= 0.3 is 0 Å². The molecule has 7 heteroatoms. The van der Waals surface area contributed by atoms with E-state index < -0.39 is 0 Å². The fourth-order valence-electron chi connectivity index (χ4n) is 4.24. The van der Waals surface area contributed by atoms with Crippen LogP contribution in [0.1, 0.15) is 56.6 Å². The van der Waals surface area contributed by atoms with E-state index in [-0.39, 0.29) is 5.91 Å². The van der Waals surface area contributed by atoms with Crippen LogP contribution >= 0.6 is 11.3 Å². The number of hydrogen-bond acceptors (Lipinski definition) is 6. The first-order valence-corrected chi connectivity index (χ1v) is 11.8. The van der Waals surface area contributed by atoms with Gasteiger partial charge in [-0.2, -0.15) is 0 Å². The van der Waals surface area contributed by atoms with Gasteiger partial charge < -0.3 is 10.1 Å². The minimum absolute atomic E-state index is 0.0333. The van der Waals surface area contributed by atoms with Crippen LogP contribution in [-0.2, 0) is 17.8 Å². The van der Waals surface area contributed by atoms with Crippen molar-refractivity contribution in [1.82, 2.24) is 20.2 Å². The van der Waals surface area contributed by atoms with E-state index in [9.17, 15) is 4.79 Å². The molecule has 31 heavy (non-hydrogen) atoms. The second kappa shape index (κ2) is 8.65. The molecule has 0 atom stereocenters. The third kappa shape index (κ3) is 4.35. The van der Waals surface area contributed by atoms with Crippen molar-refractivity contribution >= 4 is 27.5 Å². The van der Waals surface area contributed by atoms with Gasteiger partial charge in [-0.3, -0.25) is 9.69 Å². The summed E-state index contributed by atoms with van der Waals surface area (Å²) in [5.41, 5.74) is 4.39. The minimum atomic E-state index is -0.0333. The molecule has 6 nitrogen and oxygen atoms in total. The molecule has 2 aromatic heterocycles. The molecule has 0 spiro atoms. The third-order valence-electron chi connectivity index (χ3n) is 6.19. The maximum Gasteiger partial charge on any atom is 0.261 e. The number of carbonyl (C=O) groups excluding carboxylic acids is 1. The van der Waals surface area contributed by atoms with Crippen LogP contribution in [0.25, 0.3) is 10.2 Å². The van der Waals surface area contributed by atoms with Gasteiger partial charge in [0.25, 0.3) is 5.91 Å². The number of carbonyl (C=O) groups is 1. The third-order valence-corrected chi connectivity index (χ3v) is 7.38. The summed E-state index contributed by atoms with van der Waals surface area (Å²) in [5, 5.41) is 4.18. The lowest BCUT2D eigenvalue weighted by molar-refractivity contribution is 0.0340. The number of aromatic nitrogens is 2. The normalized spacial score (nSPS) is 17.2. The summed E-state index contributed by atoms with van der Waals surface area (Å²) in [4.78, 5) is 26.6. The highest BCUT2D eigenvalue weighted by Gasteiger charge is 2.28. The van der Waals surface area contributed by atoms with Crippen LogP contribution in [0, 0.1) is 13.8 Å². The van der Waals surface area contributed by atoms with Crippen molar-refractivity contribution in [2.45, 2.75) is 45.7 Å². The van der Waals surface area contributed by atoms with Crippen molar-refractivity contribution in [2.75, 3.05) is 26.3 Å². The van der Waals surface area contributed by atoms with Crippen LogP contribution in [-0.4, -0.2) is 47.1 Å². The van der Waals surface area contributed by atoms with Crippen LogP contribution in [0.15, 0.2) is 24.3 Å². The molecule has 1 aliphatic heterocycles. The van der Waals surface area contributed by atoms with Crippen molar-refractivity contribution in [2.24, 2.45) is 0 Å². The van der Waals surface area contributed by atoms with Gasteiger partial charge in [0, 0.05) is 37.5 Å². The Hall–Kier alpha value is -2.35. The number of amides is 1. The number of nitrogens with one attached hydrogen (secondary N) is 1.